The van der Waals surface area contributed by atoms with Gasteiger partial charge in [0.2, 0.25) is 0 Å². The highest BCUT2D eigenvalue weighted by atomic mass is 79.9. The molecule has 1 aromatic carbocycles. The van der Waals surface area contributed by atoms with Gasteiger partial charge in [0.15, 0.2) is 5.60 Å². The normalized spacial score (nSPS) is 22.0. The van der Waals surface area contributed by atoms with Crippen molar-refractivity contribution >= 4 is 5.97 Å². The first-order valence-corrected chi connectivity index (χ1v) is 10.6. The lowest BCUT2D eigenvalue weighted by Crippen LogP contribution is -3.00. The number of rotatable bonds is 7. The zero-order valence-electron chi connectivity index (χ0n) is 17.6. The van der Waals surface area contributed by atoms with Gasteiger partial charge in [0.25, 0.3) is 0 Å². The van der Waals surface area contributed by atoms with E-state index < -0.39 is 11.6 Å². The summed E-state index contributed by atoms with van der Waals surface area (Å²) in [6, 6.07) is 9.35. The van der Waals surface area contributed by atoms with Crippen LogP contribution in [0.3, 0.4) is 0 Å². The number of aliphatic hydroxyl groups is 1. The summed E-state index contributed by atoms with van der Waals surface area (Å²) >= 11 is 0. The van der Waals surface area contributed by atoms with Crippen LogP contribution in [-0.2, 0) is 15.1 Å². The Morgan fingerprint density at radius 1 is 1.14 bits per heavy atom. The molecule has 1 aliphatic carbocycles. The lowest BCUT2D eigenvalue weighted by Gasteiger charge is -2.34. The van der Waals surface area contributed by atoms with Crippen molar-refractivity contribution in [2.75, 3.05) is 20.2 Å². The number of carbonyl (C=O) groups excluding carboxylic acids is 1. The SMILES string of the molecule is CC1N(C)C=CN1CCCOC(=O)C(O)(c1ccccc1)C1CCCCCC1.[Br-]. The van der Waals surface area contributed by atoms with Crippen LogP contribution in [0, 0.1) is 5.92 Å². The van der Waals surface area contributed by atoms with Crippen molar-refractivity contribution in [2.45, 2.75) is 63.6 Å². The lowest BCUT2D eigenvalue weighted by molar-refractivity contribution is -0.175. The number of ether oxygens (including phenoxy) is 1. The number of halogens is 1. The van der Waals surface area contributed by atoms with Gasteiger partial charge in [-0.25, -0.2) is 4.79 Å². The van der Waals surface area contributed by atoms with Crippen LogP contribution in [0.2, 0.25) is 0 Å². The summed E-state index contributed by atoms with van der Waals surface area (Å²) in [6.07, 6.45) is 11.4. The van der Waals surface area contributed by atoms with Crippen LogP contribution < -0.4 is 17.0 Å². The molecule has 1 saturated carbocycles. The van der Waals surface area contributed by atoms with E-state index in [0.717, 1.165) is 38.6 Å². The van der Waals surface area contributed by atoms with Crippen molar-refractivity contribution in [3.63, 3.8) is 0 Å². The van der Waals surface area contributed by atoms with Crippen molar-refractivity contribution in [3.05, 3.63) is 48.3 Å². The molecule has 5 nitrogen and oxygen atoms in total. The second kappa shape index (κ2) is 11.0. The molecule has 0 spiro atoms. The Morgan fingerprint density at radius 3 is 2.38 bits per heavy atom. The van der Waals surface area contributed by atoms with E-state index in [1.54, 1.807) is 0 Å². The van der Waals surface area contributed by atoms with Crippen LogP contribution in [0.5, 0.6) is 0 Å². The molecular formula is C23H34BrN2O3-. The minimum atomic E-state index is -1.55. The van der Waals surface area contributed by atoms with Crippen LogP contribution in [0.25, 0.3) is 0 Å². The molecule has 1 fully saturated rings. The van der Waals surface area contributed by atoms with E-state index in [-0.39, 0.29) is 22.9 Å². The van der Waals surface area contributed by atoms with E-state index in [4.69, 9.17) is 4.74 Å². The number of hydrogen-bond acceptors (Lipinski definition) is 5. The Bertz CT molecular complexity index is 661. The Balaban J connectivity index is 0.00000300. The lowest BCUT2D eigenvalue weighted by atomic mass is 9.77. The first-order valence-electron chi connectivity index (χ1n) is 10.6. The molecule has 2 atom stereocenters. The number of carbonyl (C=O) groups is 1. The summed E-state index contributed by atoms with van der Waals surface area (Å²) in [6.45, 7) is 3.29. The zero-order valence-corrected chi connectivity index (χ0v) is 19.2. The summed E-state index contributed by atoms with van der Waals surface area (Å²) in [5.41, 5.74) is -0.892. The van der Waals surface area contributed by atoms with Gasteiger partial charge in [-0.3, -0.25) is 0 Å². The zero-order chi connectivity index (χ0) is 20.0. The van der Waals surface area contributed by atoms with Crippen LogP contribution >= 0.6 is 0 Å². The Kier molecular flexibility index (Phi) is 9.03. The third-order valence-corrected chi connectivity index (χ3v) is 6.33. The Morgan fingerprint density at radius 2 is 1.79 bits per heavy atom. The molecule has 29 heavy (non-hydrogen) atoms. The number of benzene rings is 1. The van der Waals surface area contributed by atoms with Gasteiger partial charge in [-0.15, -0.1) is 0 Å². The van der Waals surface area contributed by atoms with Crippen LogP contribution in [0.1, 0.15) is 57.4 Å². The molecule has 3 rings (SSSR count). The number of esters is 1. The van der Waals surface area contributed by atoms with E-state index in [0.29, 0.717) is 18.3 Å². The molecular weight excluding hydrogens is 432 g/mol. The molecule has 0 aromatic heterocycles. The largest absolute Gasteiger partial charge is 1.00 e. The Hall–Kier alpha value is -1.53. The van der Waals surface area contributed by atoms with Crippen molar-refractivity contribution in [1.82, 2.24) is 9.80 Å². The minimum absolute atomic E-state index is 0. The molecule has 162 valence electrons. The highest BCUT2D eigenvalue weighted by Crippen LogP contribution is 2.39. The third kappa shape index (κ3) is 5.54. The maximum Gasteiger partial charge on any atom is 0.343 e. The molecule has 0 bridgehead atoms. The average molecular weight is 466 g/mol. The maximum absolute atomic E-state index is 13.1. The number of nitrogens with zero attached hydrogens (tertiary/aromatic N) is 2. The fourth-order valence-electron chi connectivity index (χ4n) is 4.37. The maximum atomic E-state index is 13.1. The van der Waals surface area contributed by atoms with Crippen molar-refractivity contribution in [2.24, 2.45) is 5.92 Å². The molecule has 1 aromatic rings. The molecule has 0 saturated heterocycles. The van der Waals surface area contributed by atoms with Gasteiger partial charge in [0, 0.05) is 31.9 Å². The first kappa shape index (κ1) is 23.7. The van der Waals surface area contributed by atoms with E-state index in [1.165, 1.54) is 12.8 Å². The second-order valence-electron chi connectivity index (χ2n) is 8.14. The summed E-state index contributed by atoms with van der Waals surface area (Å²) in [7, 11) is 2.05. The van der Waals surface area contributed by atoms with Gasteiger partial charge in [0.1, 0.15) is 0 Å². The molecule has 0 amide bonds. The van der Waals surface area contributed by atoms with Crippen molar-refractivity contribution < 1.29 is 31.6 Å². The predicted octanol–water partition coefficient (Wildman–Crippen LogP) is 0.847. The highest BCUT2D eigenvalue weighted by Gasteiger charge is 2.46. The molecule has 2 aliphatic rings. The fourth-order valence-corrected chi connectivity index (χ4v) is 4.37. The standard InChI is InChI=1S/C23H34N2O3.BrH/c1-19-24(2)16-17-25(19)15-10-18-28-22(26)23(27,21-13-8-5-9-14-21)20-11-6-3-4-7-12-20;/h5,8-9,13-14,16-17,19-20,27H,3-4,6-7,10-12,15,18H2,1-2H3;1H/p-1. The van der Waals surface area contributed by atoms with Gasteiger partial charge in [-0.1, -0.05) is 56.0 Å². The second-order valence-corrected chi connectivity index (χ2v) is 8.14. The predicted molar refractivity (Wildman–Crippen MR) is 110 cm³/mol. The molecule has 2 unspecified atom stereocenters. The van der Waals surface area contributed by atoms with E-state index in [1.807, 2.05) is 37.4 Å². The third-order valence-electron chi connectivity index (χ3n) is 6.33. The average Bonchev–Trinajstić information content (AvgIpc) is 2.93. The summed E-state index contributed by atoms with van der Waals surface area (Å²) in [5.74, 6) is -0.576. The van der Waals surface area contributed by atoms with Gasteiger partial charge in [-0.2, -0.15) is 0 Å². The molecule has 1 N–H and O–H groups in total. The molecule has 0 radical (unpaired) electrons. The minimum Gasteiger partial charge on any atom is -1.00 e. The Labute approximate surface area is 185 Å². The van der Waals surface area contributed by atoms with Crippen molar-refractivity contribution in [3.8, 4) is 0 Å². The summed E-state index contributed by atoms with van der Waals surface area (Å²) < 4.78 is 5.62. The van der Waals surface area contributed by atoms with Gasteiger partial charge >= 0.3 is 5.97 Å². The quantitative estimate of drug-likeness (QED) is 0.367. The van der Waals surface area contributed by atoms with Gasteiger partial charge in [0.05, 0.1) is 12.8 Å². The summed E-state index contributed by atoms with van der Waals surface area (Å²) in [4.78, 5) is 17.5. The monoisotopic (exact) mass is 465 g/mol. The van der Waals surface area contributed by atoms with Crippen molar-refractivity contribution in [1.29, 1.82) is 0 Å². The van der Waals surface area contributed by atoms with E-state index in [2.05, 4.69) is 29.1 Å². The first-order chi connectivity index (χ1) is 13.5. The van der Waals surface area contributed by atoms with Gasteiger partial charge in [-0.05, 0) is 31.7 Å². The fraction of sp³-hybridized carbons (Fsp3) is 0.609. The van der Waals surface area contributed by atoms with E-state index >= 15 is 0 Å². The molecule has 1 heterocycles. The molecule has 1 aliphatic heterocycles. The summed E-state index contributed by atoms with van der Waals surface area (Å²) in [5, 5.41) is 11.6. The van der Waals surface area contributed by atoms with Crippen LogP contribution in [0.15, 0.2) is 42.7 Å². The smallest absolute Gasteiger partial charge is 0.343 e. The van der Waals surface area contributed by atoms with E-state index in [9.17, 15) is 9.90 Å². The van der Waals surface area contributed by atoms with Crippen LogP contribution in [-0.4, -0.2) is 47.2 Å². The topological polar surface area (TPSA) is 53.0 Å². The highest BCUT2D eigenvalue weighted by molar-refractivity contribution is 5.81. The number of hydrogen-bond donors (Lipinski definition) is 1. The van der Waals surface area contributed by atoms with Crippen LogP contribution in [0.4, 0.5) is 0 Å². The van der Waals surface area contributed by atoms with Gasteiger partial charge < -0.3 is 36.6 Å². The molecule has 6 heteroatoms.